The molecule has 5 rings (SSSR count). The molecule has 6 heteroatoms. The summed E-state index contributed by atoms with van der Waals surface area (Å²) in [5, 5.41) is 2.64. The van der Waals surface area contributed by atoms with Gasteiger partial charge in [0, 0.05) is 18.0 Å². The maximum Gasteiger partial charge on any atom is 0.323 e. The summed E-state index contributed by atoms with van der Waals surface area (Å²) in [4.78, 5) is 15.2. The minimum atomic E-state index is -0.816. The maximum absolute atomic E-state index is 14.3. The minimum absolute atomic E-state index is 0.0630. The number of hydrogen-bond acceptors (Lipinski definition) is 1. The summed E-state index contributed by atoms with van der Waals surface area (Å²) in [6.45, 7) is 2.34. The van der Waals surface area contributed by atoms with E-state index in [1.165, 1.54) is 6.07 Å². The van der Waals surface area contributed by atoms with E-state index in [0.29, 0.717) is 6.54 Å². The Labute approximate surface area is 184 Å². The number of carbonyl (C=O) groups excluding carboxylic acids is 1. The highest BCUT2D eigenvalue weighted by atomic mass is 19.1. The van der Waals surface area contributed by atoms with Gasteiger partial charge in [0.1, 0.15) is 11.6 Å². The monoisotopic (exact) mass is 429 g/mol. The molecule has 1 N–H and O–H groups in total. The standard InChI is InChI=1S/C26H21F2N3O/c1-17-8-10-18(11-9-17)25-24-7-4-14-30(24)23-6-3-2-5-19(23)16-31(25)26(32)29-22-13-12-20(27)15-21(22)28/h2-15,25H,16H2,1H3,(H,29,32)/t25-/m1/s1. The van der Waals surface area contributed by atoms with E-state index in [0.717, 1.165) is 40.2 Å². The Bertz CT molecular complexity index is 1300. The van der Waals surface area contributed by atoms with Crippen molar-refractivity contribution >= 4 is 11.7 Å². The molecule has 4 nitrogen and oxygen atoms in total. The van der Waals surface area contributed by atoms with E-state index < -0.39 is 23.7 Å². The third-order valence-corrected chi connectivity index (χ3v) is 5.79. The summed E-state index contributed by atoms with van der Waals surface area (Å²) < 4.78 is 29.7. The molecule has 0 fully saturated rings. The summed E-state index contributed by atoms with van der Waals surface area (Å²) in [7, 11) is 0. The molecule has 0 unspecified atom stereocenters. The fourth-order valence-corrected chi connectivity index (χ4v) is 4.22. The Morgan fingerprint density at radius 3 is 2.53 bits per heavy atom. The number of nitrogens with zero attached hydrogens (tertiary/aromatic N) is 2. The molecule has 3 aromatic carbocycles. The normalized spacial score (nSPS) is 15.0. The Kier molecular flexibility index (Phi) is 4.98. The van der Waals surface area contributed by atoms with Crippen LogP contribution >= 0.6 is 0 Å². The lowest BCUT2D eigenvalue weighted by Gasteiger charge is -2.31. The first kappa shape index (κ1) is 20.0. The van der Waals surface area contributed by atoms with Gasteiger partial charge in [-0.05, 0) is 48.4 Å². The first-order chi connectivity index (χ1) is 15.5. The Morgan fingerprint density at radius 1 is 0.969 bits per heavy atom. The lowest BCUT2D eigenvalue weighted by molar-refractivity contribution is 0.194. The third-order valence-electron chi connectivity index (χ3n) is 5.79. The average Bonchev–Trinajstić information content (AvgIpc) is 3.21. The molecule has 160 valence electrons. The van der Waals surface area contributed by atoms with E-state index in [-0.39, 0.29) is 5.69 Å². The number of aryl methyl sites for hydroxylation is 1. The summed E-state index contributed by atoms with van der Waals surface area (Å²) in [5.74, 6) is -1.51. The van der Waals surface area contributed by atoms with E-state index in [4.69, 9.17) is 0 Å². The van der Waals surface area contributed by atoms with Crippen LogP contribution in [0.3, 0.4) is 0 Å². The molecule has 0 saturated heterocycles. The smallest absolute Gasteiger partial charge is 0.318 e. The van der Waals surface area contributed by atoms with Gasteiger partial charge in [0.05, 0.1) is 24.0 Å². The van der Waals surface area contributed by atoms with Gasteiger partial charge in [-0.25, -0.2) is 13.6 Å². The highest BCUT2D eigenvalue weighted by Gasteiger charge is 2.33. The second kappa shape index (κ2) is 7.96. The molecular formula is C26H21F2N3O. The number of fused-ring (bicyclic) bond motifs is 3. The van der Waals surface area contributed by atoms with Crippen molar-refractivity contribution < 1.29 is 13.6 Å². The maximum atomic E-state index is 14.3. The van der Waals surface area contributed by atoms with E-state index in [1.807, 2.05) is 73.8 Å². The van der Waals surface area contributed by atoms with Crippen LogP contribution in [0.25, 0.3) is 5.69 Å². The van der Waals surface area contributed by atoms with E-state index in [2.05, 4.69) is 9.88 Å². The molecule has 0 saturated carbocycles. The SMILES string of the molecule is Cc1ccc([C@@H]2c3cccn3-c3ccccc3CN2C(=O)Nc2ccc(F)cc2F)cc1. The summed E-state index contributed by atoms with van der Waals surface area (Å²) >= 11 is 0. The van der Waals surface area contributed by atoms with Gasteiger partial charge in [-0.1, -0.05) is 48.0 Å². The predicted molar refractivity (Wildman–Crippen MR) is 120 cm³/mol. The van der Waals surface area contributed by atoms with Gasteiger partial charge < -0.3 is 14.8 Å². The average molecular weight is 429 g/mol. The molecule has 2 heterocycles. The van der Waals surface area contributed by atoms with Crippen molar-refractivity contribution in [3.8, 4) is 5.69 Å². The number of para-hydroxylation sites is 1. The van der Waals surface area contributed by atoms with E-state index >= 15 is 0 Å². The molecule has 0 aliphatic carbocycles. The number of aromatic nitrogens is 1. The number of nitrogens with one attached hydrogen (secondary N) is 1. The van der Waals surface area contributed by atoms with Crippen LogP contribution in [-0.2, 0) is 6.54 Å². The van der Waals surface area contributed by atoms with E-state index in [1.54, 1.807) is 4.90 Å². The molecule has 0 spiro atoms. The first-order valence-electron chi connectivity index (χ1n) is 10.4. The topological polar surface area (TPSA) is 37.3 Å². The zero-order chi connectivity index (χ0) is 22.2. The Morgan fingerprint density at radius 2 is 1.75 bits per heavy atom. The molecule has 2 amide bonds. The van der Waals surface area contributed by atoms with Crippen LogP contribution in [-0.4, -0.2) is 15.5 Å². The van der Waals surface area contributed by atoms with Crippen LogP contribution < -0.4 is 5.32 Å². The highest BCUT2D eigenvalue weighted by Crippen LogP contribution is 2.37. The van der Waals surface area contributed by atoms with Gasteiger partial charge in [-0.3, -0.25) is 0 Å². The zero-order valence-corrected chi connectivity index (χ0v) is 17.4. The number of benzene rings is 3. The molecule has 0 radical (unpaired) electrons. The molecule has 1 aliphatic heterocycles. The number of amides is 2. The Balaban J connectivity index is 1.62. The van der Waals surface area contributed by atoms with Gasteiger partial charge in [0.25, 0.3) is 0 Å². The van der Waals surface area contributed by atoms with Gasteiger partial charge in [0.15, 0.2) is 0 Å². The lowest BCUT2D eigenvalue weighted by Crippen LogP contribution is -2.38. The molecule has 32 heavy (non-hydrogen) atoms. The number of carbonyl (C=O) groups is 1. The Hall–Kier alpha value is -3.93. The number of rotatable bonds is 2. The van der Waals surface area contributed by atoms with Crippen LogP contribution in [0, 0.1) is 18.6 Å². The molecular weight excluding hydrogens is 408 g/mol. The minimum Gasteiger partial charge on any atom is -0.318 e. The van der Waals surface area contributed by atoms with Gasteiger partial charge in [-0.2, -0.15) is 0 Å². The largest absolute Gasteiger partial charge is 0.323 e. The van der Waals surface area contributed by atoms with Crippen LogP contribution in [0.5, 0.6) is 0 Å². The summed E-state index contributed by atoms with van der Waals surface area (Å²) in [5.41, 5.74) is 4.88. The predicted octanol–water partition coefficient (Wildman–Crippen LogP) is 6.20. The quantitative estimate of drug-likeness (QED) is 0.405. The summed E-state index contributed by atoms with van der Waals surface area (Å²) in [6, 6.07) is 22.1. The molecule has 4 aromatic rings. The first-order valence-corrected chi connectivity index (χ1v) is 10.4. The van der Waals surface area contributed by atoms with Crippen LogP contribution in [0.4, 0.5) is 19.3 Å². The number of hydrogen-bond donors (Lipinski definition) is 1. The number of urea groups is 1. The molecule has 0 bridgehead atoms. The van der Waals surface area contributed by atoms with Gasteiger partial charge in [-0.15, -0.1) is 0 Å². The van der Waals surface area contributed by atoms with Gasteiger partial charge >= 0.3 is 6.03 Å². The van der Waals surface area contributed by atoms with Crippen molar-refractivity contribution in [1.82, 2.24) is 9.47 Å². The number of anilines is 1. The molecule has 1 atom stereocenters. The second-order valence-electron chi connectivity index (χ2n) is 7.93. The fourth-order valence-electron chi connectivity index (χ4n) is 4.22. The van der Waals surface area contributed by atoms with Crippen LogP contribution in [0.1, 0.15) is 28.4 Å². The second-order valence-corrected chi connectivity index (χ2v) is 7.93. The van der Waals surface area contributed by atoms with Crippen molar-refractivity contribution in [3.63, 3.8) is 0 Å². The van der Waals surface area contributed by atoms with E-state index in [9.17, 15) is 13.6 Å². The lowest BCUT2D eigenvalue weighted by atomic mass is 10.0. The van der Waals surface area contributed by atoms with Crippen LogP contribution in [0.15, 0.2) is 85.1 Å². The zero-order valence-electron chi connectivity index (χ0n) is 17.4. The molecule has 1 aliphatic rings. The van der Waals surface area contributed by atoms with Crippen molar-refractivity contribution in [2.45, 2.75) is 19.5 Å². The van der Waals surface area contributed by atoms with Crippen molar-refractivity contribution in [2.75, 3.05) is 5.32 Å². The highest BCUT2D eigenvalue weighted by molar-refractivity contribution is 5.90. The third kappa shape index (κ3) is 3.54. The van der Waals surface area contributed by atoms with Crippen molar-refractivity contribution in [2.24, 2.45) is 0 Å². The fraction of sp³-hybridized carbons (Fsp3) is 0.115. The van der Waals surface area contributed by atoms with Gasteiger partial charge in [0.2, 0.25) is 0 Å². The molecule has 1 aromatic heterocycles. The number of halogens is 2. The van der Waals surface area contributed by atoms with Crippen molar-refractivity contribution in [1.29, 1.82) is 0 Å². The van der Waals surface area contributed by atoms with Crippen LogP contribution in [0.2, 0.25) is 0 Å². The summed E-state index contributed by atoms with van der Waals surface area (Å²) in [6.07, 6.45) is 1.98. The van der Waals surface area contributed by atoms with Crippen molar-refractivity contribution in [3.05, 3.63) is 119 Å².